The summed E-state index contributed by atoms with van der Waals surface area (Å²) in [4.78, 5) is 0. The van der Waals surface area contributed by atoms with Gasteiger partial charge in [-0.3, -0.25) is 0 Å². The van der Waals surface area contributed by atoms with Crippen LogP contribution < -0.4 is 0 Å². The summed E-state index contributed by atoms with van der Waals surface area (Å²) in [5, 5.41) is 10.2. The van der Waals surface area contributed by atoms with Gasteiger partial charge < -0.3 is 5.11 Å². The molecule has 0 aliphatic rings. The third kappa shape index (κ3) is 2.01. The van der Waals surface area contributed by atoms with Crippen molar-refractivity contribution in [3.63, 3.8) is 0 Å². The second kappa shape index (κ2) is 4.07. The lowest BCUT2D eigenvalue weighted by molar-refractivity contribution is 0.0823. The highest BCUT2D eigenvalue weighted by Gasteiger charge is 2.28. The highest BCUT2D eigenvalue weighted by atomic mass is 79.9. The Morgan fingerprint density at radius 2 is 2.00 bits per heavy atom. The highest BCUT2D eigenvalue weighted by Crippen LogP contribution is 2.34. The minimum Gasteiger partial charge on any atom is -0.380 e. The van der Waals surface area contributed by atoms with Crippen LogP contribution in [0.3, 0.4) is 0 Å². The van der Waals surface area contributed by atoms with Gasteiger partial charge in [0.15, 0.2) is 0 Å². The Hall–Kier alpha value is -0.600. The topological polar surface area (TPSA) is 20.2 Å². The van der Waals surface area contributed by atoms with Crippen molar-refractivity contribution in [2.45, 2.75) is 18.9 Å². The van der Waals surface area contributed by atoms with Gasteiger partial charge in [0.05, 0.1) is 0 Å². The van der Waals surface area contributed by atoms with Crippen LogP contribution in [0.15, 0.2) is 41.4 Å². The van der Waals surface area contributed by atoms with Crippen molar-refractivity contribution in [2.75, 3.05) is 0 Å². The second-order valence-electron chi connectivity index (χ2n) is 2.98. The molecule has 0 heterocycles. The van der Waals surface area contributed by atoms with E-state index in [0.29, 0.717) is 10.9 Å². The lowest BCUT2D eigenvalue weighted by atomic mass is 9.91. The van der Waals surface area contributed by atoms with Crippen LogP contribution in [0.5, 0.6) is 0 Å². The van der Waals surface area contributed by atoms with E-state index in [2.05, 4.69) is 22.5 Å². The molecule has 1 atom stereocenters. The molecule has 1 unspecified atom stereocenters. The van der Waals surface area contributed by atoms with Gasteiger partial charge in [-0.15, -0.1) is 0 Å². The van der Waals surface area contributed by atoms with E-state index < -0.39 is 5.60 Å². The molecule has 1 nitrogen and oxygen atoms in total. The first kappa shape index (κ1) is 10.5. The molecule has 0 fully saturated rings. The van der Waals surface area contributed by atoms with Crippen LogP contribution in [0.1, 0.15) is 18.9 Å². The van der Waals surface area contributed by atoms with Gasteiger partial charge in [-0.25, -0.2) is 0 Å². The van der Waals surface area contributed by atoms with E-state index in [4.69, 9.17) is 0 Å². The van der Waals surface area contributed by atoms with E-state index in [1.165, 1.54) is 0 Å². The Labute approximate surface area is 87.2 Å². The third-order valence-corrected chi connectivity index (χ3v) is 2.87. The Morgan fingerprint density at radius 1 is 1.46 bits per heavy atom. The van der Waals surface area contributed by atoms with Crippen LogP contribution in [0.2, 0.25) is 0 Å². The zero-order valence-electron chi connectivity index (χ0n) is 7.63. The molecule has 0 bridgehead atoms. The first-order valence-corrected chi connectivity index (χ1v) is 5.03. The van der Waals surface area contributed by atoms with Gasteiger partial charge in [0.1, 0.15) is 5.60 Å². The zero-order chi connectivity index (χ0) is 9.90. The van der Waals surface area contributed by atoms with Gasteiger partial charge in [-0.1, -0.05) is 59.8 Å². The number of rotatable bonds is 3. The minimum absolute atomic E-state index is 0.605. The number of hydrogen-bond donors (Lipinski definition) is 1. The van der Waals surface area contributed by atoms with Crippen LogP contribution in [-0.4, -0.2) is 5.11 Å². The van der Waals surface area contributed by atoms with E-state index in [-0.39, 0.29) is 0 Å². The highest BCUT2D eigenvalue weighted by molar-refractivity contribution is 9.11. The Balaban J connectivity index is 3.11. The standard InChI is InChI=1S/C11H13BrO/c1-3-11(13,9(2)12)10-7-5-4-6-8-10/h4-8,13H,2-3H2,1H3. The molecule has 0 amide bonds. The molecule has 0 aliphatic carbocycles. The van der Waals surface area contributed by atoms with Crippen molar-refractivity contribution >= 4 is 15.9 Å². The molecule has 0 saturated carbocycles. The first-order chi connectivity index (χ1) is 6.11. The Bertz CT molecular complexity index is 294. The van der Waals surface area contributed by atoms with Gasteiger partial charge in [0, 0.05) is 4.48 Å². The van der Waals surface area contributed by atoms with E-state index in [0.717, 1.165) is 5.56 Å². The zero-order valence-corrected chi connectivity index (χ0v) is 9.21. The molecule has 13 heavy (non-hydrogen) atoms. The van der Waals surface area contributed by atoms with Crippen molar-refractivity contribution in [3.8, 4) is 0 Å². The van der Waals surface area contributed by atoms with Gasteiger partial charge in [0.25, 0.3) is 0 Å². The lowest BCUT2D eigenvalue weighted by Gasteiger charge is -2.26. The molecule has 1 aromatic rings. The van der Waals surface area contributed by atoms with Crippen LogP contribution >= 0.6 is 15.9 Å². The van der Waals surface area contributed by atoms with Gasteiger partial charge >= 0.3 is 0 Å². The van der Waals surface area contributed by atoms with Gasteiger partial charge in [-0.2, -0.15) is 0 Å². The van der Waals surface area contributed by atoms with E-state index in [1.807, 2.05) is 37.3 Å². The van der Waals surface area contributed by atoms with Crippen LogP contribution in [0, 0.1) is 0 Å². The molecule has 0 aromatic heterocycles. The maximum absolute atomic E-state index is 10.2. The summed E-state index contributed by atoms with van der Waals surface area (Å²) in [6.45, 7) is 5.67. The molecular formula is C11H13BrO. The van der Waals surface area contributed by atoms with Crippen molar-refractivity contribution < 1.29 is 5.11 Å². The number of aliphatic hydroxyl groups is 1. The quantitative estimate of drug-likeness (QED) is 0.861. The summed E-state index contributed by atoms with van der Waals surface area (Å²) < 4.78 is 0.605. The predicted molar refractivity (Wildman–Crippen MR) is 58.7 cm³/mol. The molecule has 1 aromatic carbocycles. The average molecular weight is 241 g/mol. The largest absolute Gasteiger partial charge is 0.380 e. The molecule has 2 heteroatoms. The summed E-state index contributed by atoms with van der Waals surface area (Å²) in [7, 11) is 0. The smallest absolute Gasteiger partial charge is 0.120 e. The van der Waals surface area contributed by atoms with Crippen LogP contribution in [-0.2, 0) is 5.60 Å². The van der Waals surface area contributed by atoms with Crippen LogP contribution in [0.25, 0.3) is 0 Å². The number of benzene rings is 1. The van der Waals surface area contributed by atoms with Crippen molar-refractivity contribution in [2.24, 2.45) is 0 Å². The fraction of sp³-hybridized carbons (Fsp3) is 0.273. The molecule has 1 N–H and O–H groups in total. The molecule has 70 valence electrons. The number of halogens is 1. The molecule has 0 radical (unpaired) electrons. The van der Waals surface area contributed by atoms with Crippen molar-refractivity contribution in [3.05, 3.63) is 47.0 Å². The summed E-state index contributed by atoms with van der Waals surface area (Å²) in [6, 6.07) is 9.54. The van der Waals surface area contributed by atoms with E-state index in [1.54, 1.807) is 0 Å². The maximum atomic E-state index is 10.2. The number of hydrogen-bond acceptors (Lipinski definition) is 1. The minimum atomic E-state index is -0.943. The molecule has 0 aliphatic heterocycles. The fourth-order valence-corrected chi connectivity index (χ4v) is 1.78. The SMILES string of the molecule is C=C(Br)C(O)(CC)c1ccccc1. The maximum Gasteiger partial charge on any atom is 0.120 e. The van der Waals surface area contributed by atoms with Gasteiger partial charge in [-0.05, 0) is 12.0 Å². The normalized spacial score (nSPS) is 15.0. The van der Waals surface area contributed by atoms with E-state index in [9.17, 15) is 5.11 Å². The van der Waals surface area contributed by atoms with Gasteiger partial charge in [0.2, 0.25) is 0 Å². The average Bonchev–Trinajstić information content (AvgIpc) is 2.17. The summed E-state index contributed by atoms with van der Waals surface area (Å²) in [5.74, 6) is 0. The van der Waals surface area contributed by atoms with Crippen LogP contribution in [0.4, 0.5) is 0 Å². The second-order valence-corrected chi connectivity index (χ2v) is 3.94. The van der Waals surface area contributed by atoms with Crippen molar-refractivity contribution in [1.29, 1.82) is 0 Å². The molecule has 0 spiro atoms. The lowest BCUT2D eigenvalue weighted by Crippen LogP contribution is -2.24. The molecular weight excluding hydrogens is 228 g/mol. The molecule has 0 saturated heterocycles. The summed E-state index contributed by atoms with van der Waals surface area (Å²) >= 11 is 3.25. The Kier molecular flexibility index (Phi) is 3.28. The van der Waals surface area contributed by atoms with Crippen molar-refractivity contribution in [1.82, 2.24) is 0 Å². The van der Waals surface area contributed by atoms with E-state index >= 15 is 0 Å². The summed E-state index contributed by atoms with van der Waals surface area (Å²) in [6.07, 6.45) is 0.612. The third-order valence-electron chi connectivity index (χ3n) is 2.21. The fourth-order valence-electron chi connectivity index (χ4n) is 1.27. The first-order valence-electron chi connectivity index (χ1n) is 4.24. The predicted octanol–water partition coefficient (Wildman–Crippen LogP) is 3.19. The molecule has 1 rings (SSSR count). The Morgan fingerprint density at radius 3 is 2.38 bits per heavy atom. The monoisotopic (exact) mass is 240 g/mol. The summed E-state index contributed by atoms with van der Waals surface area (Å²) in [5.41, 5.74) is -0.0688.